The fraction of sp³-hybridized carbons (Fsp3) is 0.548. The largest absolute Gasteiger partial charge is 0.352 e. The van der Waals surface area contributed by atoms with Gasteiger partial charge in [-0.05, 0) is 60.4 Å². The van der Waals surface area contributed by atoms with Crippen LogP contribution in [0.2, 0.25) is 0 Å². The van der Waals surface area contributed by atoms with Gasteiger partial charge in [-0.1, -0.05) is 47.6 Å². The van der Waals surface area contributed by atoms with Gasteiger partial charge >= 0.3 is 0 Å². The van der Waals surface area contributed by atoms with Crippen molar-refractivity contribution in [3.8, 4) is 0 Å². The molecule has 3 amide bonds. The summed E-state index contributed by atoms with van der Waals surface area (Å²) in [5, 5.41) is 5.40. The maximum absolute atomic E-state index is 13.7. The highest BCUT2D eigenvalue weighted by Gasteiger charge is 2.41. The van der Waals surface area contributed by atoms with Crippen LogP contribution in [0.1, 0.15) is 111 Å². The molecule has 1 aromatic heterocycles. The molecule has 2 aromatic rings. The number of amides is 3. The standard InChI is InChI=1S/C31H40F2N4O3/c1-18(2)27(38)35-16-19-13-23(25(26(32)33)34-15-19)28(39)36-20-7-8-24-22(14-20)29(40)37(17-31(24,5)6)21-9-11-30(3,4)12-10-21/h7-8,13-15,18,21,26H,9-12,16-17H2,1-6H3,(H,35,38)(H,36,39). The summed E-state index contributed by atoms with van der Waals surface area (Å²) in [6, 6.07) is 6.69. The van der Waals surface area contributed by atoms with Gasteiger partial charge in [0.2, 0.25) is 5.91 Å². The van der Waals surface area contributed by atoms with Crippen molar-refractivity contribution in [2.24, 2.45) is 11.3 Å². The van der Waals surface area contributed by atoms with Gasteiger partial charge < -0.3 is 15.5 Å². The number of carbonyl (C=O) groups excluding carboxylic acids is 3. The number of anilines is 1. The number of nitrogens with zero attached hydrogens (tertiary/aromatic N) is 2. The number of alkyl halides is 2. The Kier molecular flexibility index (Phi) is 8.33. The van der Waals surface area contributed by atoms with Gasteiger partial charge in [-0.15, -0.1) is 0 Å². The minimum atomic E-state index is -2.96. The van der Waals surface area contributed by atoms with E-state index < -0.39 is 18.0 Å². The predicted molar refractivity (Wildman–Crippen MR) is 150 cm³/mol. The maximum Gasteiger partial charge on any atom is 0.281 e. The molecular formula is C31H40F2N4O3. The van der Waals surface area contributed by atoms with Gasteiger partial charge in [0.1, 0.15) is 5.69 Å². The molecule has 0 unspecified atom stereocenters. The molecule has 2 heterocycles. The number of rotatable bonds is 7. The van der Waals surface area contributed by atoms with Crippen LogP contribution in [0.4, 0.5) is 14.5 Å². The molecule has 0 saturated heterocycles. The van der Waals surface area contributed by atoms with Crippen LogP contribution in [0.25, 0.3) is 0 Å². The number of pyridine rings is 1. The lowest BCUT2D eigenvalue weighted by Gasteiger charge is -2.46. The molecule has 1 aliphatic heterocycles. The summed E-state index contributed by atoms with van der Waals surface area (Å²) in [5.41, 5.74) is 1.29. The highest BCUT2D eigenvalue weighted by molar-refractivity contribution is 6.06. The minimum Gasteiger partial charge on any atom is -0.352 e. The second-order valence-corrected chi connectivity index (χ2v) is 12.9. The van der Waals surface area contributed by atoms with Crippen molar-refractivity contribution in [3.63, 3.8) is 0 Å². The van der Waals surface area contributed by atoms with Gasteiger partial charge in [-0.3, -0.25) is 19.4 Å². The molecule has 7 nitrogen and oxygen atoms in total. The molecule has 0 radical (unpaired) electrons. The van der Waals surface area contributed by atoms with E-state index in [1.54, 1.807) is 26.0 Å². The summed E-state index contributed by atoms with van der Waals surface area (Å²) in [6.45, 7) is 12.9. The van der Waals surface area contributed by atoms with E-state index in [0.717, 1.165) is 31.2 Å². The Morgan fingerprint density at radius 2 is 1.77 bits per heavy atom. The zero-order valence-electron chi connectivity index (χ0n) is 24.2. The number of nitrogens with one attached hydrogen (secondary N) is 2. The second-order valence-electron chi connectivity index (χ2n) is 12.9. The van der Waals surface area contributed by atoms with Gasteiger partial charge in [-0.25, -0.2) is 8.78 Å². The maximum atomic E-state index is 13.7. The monoisotopic (exact) mass is 554 g/mol. The van der Waals surface area contributed by atoms with Gasteiger partial charge in [0, 0.05) is 47.9 Å². The Labute approximate surface area is 235 Å². The minimum absolute atomic E-state index is 0.0599. The third-order valence-electron chi connectivity index (χ3n) is 8.23. The first-order valence-electron chi connectivity index (χ1n) is 14.0. The van der Waals surface area contributed by atoms with Gasteiger partial charge in [0.15, 0.2) is 0 Å². The van der Waals surface area contributed by atoms with Gasteiger partial charge in [0.25, 0.3) is 18.2 Å². The van der Waals surface area contributed by atoms with Crippen molar-refractivity contribution < 1.29 is 23.2 Å². The molecule has 0 bridgehead atoms. The number of aromatic nitrogens is 1. The molecule has 2 aliphatic rings. The summed E-state index contributed by atoms with van der Waals surface area (Å²) in [4.78, 5) is 44.7. The van der Waals surface area contributed by atoms with Gasteiger partial charge in [-0.2, -0.15) is 0 Å². The molecule has 0 atom stereocenters. The molecule has 2 N–H and O–H groups in total. The van der Waals surface area contributed by atoms with Crippen LogP contribution in [-0.2, 0) is 16.8 Å². The molecule has 1 fully saturated rings. The number of hydrogen-bond acceptors (Lipinski definition) is 4. The molecule has 1 aliphatic carbocycles. The van der Waals surface area contributed by atoms with Crippen molar-refractivity contribution in [1.82, 2.24) is 15.2 Å². The van der Waals surface area contributed by atoms with Crippen molar-refractivity contribution in [2.75, 3.05) is 11.9 Å². The molecule has 40 heavy (non-hydrogen) atoms. The molecule has 0 spiro atoms. The van der Waals surface area contributed by atoms with E-state index in [1.807, 2.05) is 11.0 Å². The normalized spacial score (nSPS) is 18.6. The topological polar surface area (TPSA) is 91.4 Å². The third-order valence-corrected chi connectivity index (χ3v) is 8.23. The Hall–Kier alpha value is -3.36. The molecule has 1 saturated carbocycles. The van der Waals surface area contributed by atoms with Crippen molar-refractivity contribution in [3.05, 3.63) is 58.4 Å². The third kappa shape index (κ3) is 6.34. The summed E-state index contributed by atoms with van der Waals surface area (Å²) >= 11 is 0. The highest BCUT2D eigenvalue weighted by Crippen LogP contribution is 2.41. The van der Waals surface area contributed by atoms with Crippen LogP contribution < -0.4 is 10.6 Å². The first-order valence-corrected chi connectivity index (χ1v) is 14.0. The van der Waals surface area contributed by atoms with Crippen LogP contribution in [0, 0.1) is 11.3 Å². The average molecular weight is 555 g/mol. The van der Waals surface area contributed by atoms with Gasteiger partial charge in [0.05, 0.1) is 5.56 Å². The summed E-state index contributed by atoms with van der Waals surface area (Å²) in [7, 11) is 0. The van der Waals surface area contributed by atoms with E-state index >= 15 is 0 Å². The summed E-state index contributed by atoms with van der Waals surface area (Å²) in [5.74, 6) is -1.26. The summed E-state index contributed by atoms with van der Waals surface area (Å²) in [6.07, 6.45) is 2.31. The number of halogens is 2. The average Bonchev–Trinajstić information content (AvgIpc) is 2.89. The smallest absolute Gasteiger partial charge is 0.281 e. The fourth-order valence-corrected chi connectivity index (χ4v) is 5.68. The second kappa shape index (κ2) is 11.3. The van der Waals surface area contributed by atoms with E-state index in [9.17, 15) is 23.2 Å². The van der Waals surface area contributed by atoms with E-state index in [2.05, 4.69) is 43.3 Å². The highest BCUT2D eigenvalue weighted by atomic mass is 19.3. The van der Waals surface area contributed by atoms with Crippen LogP contribution >= 0.6 is 0 Å². The first-order chi connectivity index (χ1) is 18.7. The number of hydrogen-bond donors (Lipinski definition) is 2. The Morgan fingerprint density at radius 3 is 2.40 bits per heavy atom. The zero-order chi connectivity index (χ0) is 29.4. The summed E-state index contributed by atoms with van der Waals surface area (Å²) < 4.78 is 27.5. The lowest BCUT2D eigenvalue weighted by atomic mass is 9.73. The quantitative estimate of drug-likeness (QED) is 0.424. The molecular weight excluding hydrogens is 514 g/mol. The van der Waals surface area contributed by atoms with E-state index in [-0.39, 0.29) is 46.7 Å². The SMILES string of the molecule is CC(C)C(=O)NCc1cnc(C(F)F)c(C(=O)Nc2ccc3c(c2)C(=O)N(C2CCC(C)(C)CC2)CC3(C)C)c1. The zero-order valence-corrected chi connectivity index (χ0v) is 24.2. The van der Waals surface area contributed by atoms with Crippen LogP contribution in [0.15, 0.2) is 30.5 Å². The molecule has 1 aromatic carbocycles. The van der Waals surface area contributed by atoms with E-state index in [0.29, 0.717) is 23.4 Å². The van der Waals surface area contributed by atoms with Crippen molar-refractivity contribution in [1.29, 1.82) is 0 Å². The molecule has 216 valence electrons. The number of carbonyl (C=O) groups is 3. The van der Waals surface area contributed by atoms with Crippen LogP contribution in [0.5, 0.6) is 0 Å². The Balaban J connectivity index is 1.58. The fourth-order valence-electron chi connectivity index (χ4n) is 5.68. The molecule has 9 heteroatoms. The van der Waals surface area contributed by atoms with Crippen LogP contribution in [-0.4, -0.2) is 40.2 Å². The lowest BCUT2D eigenvalue weighted by molar-refractivity contribution is -0.124. The number of benzene rings is 1. The Morgan fingerprint density at radius 1 is 1.10 bits per heavy atom. The van der Waals surface area contributed by atoms with Crippen LogP contribution in [0.3, 0.4) is 0 Å². The Bertz CT molecular complexity index is 1300. The van der Waals surface area contributed by atoms with Crippen molar-refractivity contribution in [2.45, 2.75) is 91.7 Å². The first kappa shape index (κ1) is 29.6. The van der Waals surface area contributed by atoms with Crippen molar-refractivity contribution >= 4 is 23.4 Å². The van der Waals surface area contributed by atoms with E-state index in [4.69, 9.17) is 0 Å². The molecule has 4 rings (SSSR count). The lowest BCUT2D eigenvalue weighted by Crippen LogP contribution is -2.52. The predicted octanol–water partition coefficient (Wildman–Crippen LogP) is 6.25. The number of fused-ring (bicyclic) bond motifs is 1. The van der Waals surface area contributed by atoms with E-state index in [1.165, 1.54) is 12.3 Å².